The average molecular weight is 434 g/mol. The van der Waals surface area contributed by atoms with Crippen molar-refractivity contribution < 1.29 is 14.3 Å². The summed E-state index contributed by atoms with van der Waals surface area (Å²) in [5, 5.41) is 8.74. The van der Waals surface area contributed by atoms with Gasteiger partial charge in [0.05, 0.1) is 18.9 Å². The van der Waals surface area contributed by atoms with Crippen molar-refractivity contribution in [3.8, 4) is 22.8 Å². The molecule has 0 spiro atoms. The van der Waals surface area contributed by atoms with Crippen molar-refractivity contribution in [1.29, 1.82) is 0 Å². The van der Waals surface area contributed by atoms with E-state index in [0.29, 0.717) is 56.5 Å². The molecule has 0 N–H and O–H groups in total. The maximum absolute atomic E-state index is 13.0. The number of anilines is 1. The van der Waals surface area contributed by atoms with Gasteiger partial charge in [-0.15, -0.1) is 10.2 Å². The summed E-state index contributed by atoms with van der Waals surface area (Å²) in [4.78, 5) is 21.1. The largest absolute Gasteiger partial charge is 0.490 e. The third-order valence-electron chi connectivity index (χ3n) is 5.31. The fraction of sp³-hybridized carbons (Fsp3) is 0.333. The molecule has 1 aliphatic heterocycles. The number of hydrogen-bond donors (Lipinski definition) is 0. The molecule has 1 amide bonds. The van der Waals surface area contributed by atoms with Crippen LogP contribution in [-0.4, -0.2) is 65.4 Å². The molecule has 0 unspecified atom stereocenters. The minimum Gasteiger partial charge on any atom is -0.490 e. The van der Waals surface area contributed by atoms with Crippen LogP contribution in [0.1, 0.15) is 24.2 Å². The first-order valence-electron chi connectivity index (χ1n) is 10.9. The van der Waals surface area contributed by atoms with Crippen LogP contribution in [-0.2, 0) is 0 Å². The average Bonchev–Trinajstić information content (AvgIpc) is 2.86. The smallest absolute Gasteiger partial charge is 0.254 e. The van der Waals surface area contributed by atoms with Crippen molar-refractivity contribution in [2.75, 3.05) is 44.3 Å². The van der Waals surface area contributed by atoms with Crippen LogP contribution in [0, 0.1) is 0 Å². The maximum Gasteiger partial charge on any atom is 0.254 e. The Bertz CT molecular complexity index is 1040. The Morgan fingerprint density at radius 2 is 1.59 bits per heavy atom. The van der Waals surface area contributed by atoms with Crippen molar-refractivity contribution in [1.82, 2.24) is 20.1 Å². The summed E-state index contributed by atoms with van der Waals surface area (Å²) in [7, 11) is 0. The Labute approximate surface area is 187 Å². The standard InChI is InChI=1S/C24H27N5O3/c1-3-31-21-7-5-19(17-22(21)32-4-2)24(30)29-15-13-28(14-16-29)23-8-6-20(26-27-23)18-9-11-25-12-10-18/h5-12,17H,3-4,13-16H2,1-2H3. The van der Waals surface area contributed by atoms with E-state index in [9.17, 15) is 4.79 Å². The zero-order chi connectivity index (χ0) is 22.3. The lowest BCUT2D eigenvalue weighted by Crippen LogP contribution is -2.49. The van der Waals surface area contributed by atoms with Gasteiger partial charge in [0.2, 0.25) is 0 Å². The maximum atomic E-state index is 13.0. The van der Waals surface area contributed by atoms with Gasteiger partial charge in [0, 0.05) is 49.7 Å². The van der Waals surface area contributed by atoms with Gasteiger partial charge in [0.25, 0.3) is 5.91 Å². The first kappa shape index (κ1) is 21.5. The van der Waals surface area contributed by atoms with E-state index in [1.165, 1.54) is 0 Å². The van der Waals surface area contributed by atoms with Crippen molar-refractivity contribution in [3.63, 3.8) is 0 Å². The molecule has 0 saturated carbocycles. The zero-order valence-corrected chi connectivity index (χ0v) is 18.4. The number of ether oxygens (including phenoxy) is 2. The fourth-order valence-electron chi connectivity index (χ4n) is 3.68. The lowest BCUT2D eigenvalue weighted by molar-refractivity contribution is 0.0746. The van der Waals surface area contributed by atoms with Crippen LogP contribution in [0.5, 0.6) is 11.5 Å². The van der Waals surface area contributed by atoms with Crippen LogP contribution in [0.25, 0.3) is 11.3 Å². The molecule has 166 valence electrons. The Morgan fingerprint density at radius 1 is 0.875 bits per heavy atom. The summed E-state index contributed by atoms with van der Waals surface area (Å²) < 4.78 is 11.3. The Morgan fingerprint density at radius 3 is 2.25 bits per heavy atom. The molecule has 1 aromatic carbocycles. The fourth-order valence-corrected chi connectivity index (χ4v) is 3.68. The van der Waals surface area contributed by atoms with Crippen LogP contribution in [0.2, 0.25) is 0 Å². The van der Waals surface area contributed by atoms with Gasteiger partial charge in [0.15, 0.2) is 17.3 Å². The number of aromatic nitrogens is 3. The number of benzene rings is 1. The number of nitrogens with zero attached hydrogens (tertiary/aromatic N) is 5. The van der Waals surface area contributed by atoms with E-state index in [4.69, 9.17) is 9.47 Å². The van der Waals surface area contributed by atoms with E-state index < -0.39 is 0 Å². The van der Waals surface area contributed by atoms with Gasteiger partial charge < -0.3 is 19.3 Å². The molecule has 1 fully saturated rings. The lowest BCUT2D eigenvalue weighted by atomic mass is 10.1. The molecule has 8 nitrogen and oxygen atoms in total. The van der Waals surface area contributed by atoms with E-state index >= 15 is 0 Å². The summed E-state index contributed by atoms with van der Waals surface area (Å²) in [5.74, 6) is 2.07. The third kappa shape index (κ3) is 4.80. The van der Waals surface area contributed by atoms with Crippen molar-refractivity contribution >= 4 is 11.7 Å². The lowest BCUT2D eigenvalue weighted by Gasteiger charge is -2.35. The molecule has 3 heterocycles. The van der Waals surface area contributed by atoms with Crippen LogP contribution in [0.4, 0.5) is 5.82 Å². The topological polar surface area (TPSA) is 80.7 Å². The molecule has 2 aromatic heterocycles. The number of carbonyl (C=O) groups excluding carboxylic acids is 1. The Kier molecular flexibility index (Phi) is 6.79. The van der Waals surface area contributed by atoms with Gasteiger partial charge in [-0.05, 0) is 56.3 Å². The number of carbonyl (C=O) groups is 1. The molecule has 3 aromatic rings. The number of hydrogen-bond acceptors (Lipinski definition) is 7. The first-order chi connectivity index (χ1) is 15.7. The van der Waals surface area contributed by atoms with Crippen molar-refractivity contribution in [3.05, 3.63) is 60.4 Å². The molecule has 8 heteroatoms. The van der Waals surface area contributed by atoms with Crippen LogP contribution in [0.15, 0.2) is 54.9 Å². The van der Waals surface area contributed by atoms with Gasteiger partial charge in [-0.3, -0.25) is 9.78 Å². The highest BCUT2D eigenvalue weighted by molar-refractivity contribution is 5.95. The molecular weight excluding hydrogens is 406 g/mol. The quantitative estimate of drug-likeness (QED) is 0.565. The summed E-state index contributed by atoms with van der Waals surface area (Å²) >= 11 is 0. The zero-order valence-electron chi connectivity index (χ0n) is 18.4. The molecule has 4 rings (SSSR count). The Hall–Kier alpha value is -3.68. The normalized spacial score (nSPS) is 13.7. The SMILES string of the molecule is CCOc1ccc(C(=O)N2CCN(c3ccc(-c4ccncc4)nn3)CC2)cc1OCC. The summed E-state index contributed by atoms with van der Waals surface area (Å²) in [6, 6.07) is 13.1. The van der Waals surface area contributed by atoms with Gasteiger partial charge in [-0.2, -0.15) is 0 Å². The van der Waals surface area contributed by atoms with E-state index in [1.807, 2.05) is 43.0 Å². The van der Waals surface area contributed by atoms with Crippen LogP contribution in [0.3, 0.4) is 0 Å². The van der Waals surface area contributed by atoms with Crippen molar-refractivity contribution in [2.45, 2.75) is 13.8 Å². The van der Waals surface area contributed by atoms with Crippen molar-refractivity contribution in [2.24, 2.45) is 0 Å². The van der Waals surface area contributed by atoms with Gasteiger partial charge in [0.1, 0.15) is 0 Å². The van der Waals surface area contributed by atoms with E-state index in [2.05, 4.69) is 20.1 Å². The molecule has 0 radical (unpaired) electrons. The minimum absolute atomic E-state index is 0.00669. The highest BCUT2D eigenvalue weighted by Gasteiger charge is 2.24. The Balaban J connectivity index is 1.39. The molecule has 0 aliphatic carbocycles. The van der Waals surface area contributed by atoms with Gasteiger partial charge in [-0.1, -0.05) is 0 Å². The summed E-state index contributed by atoms with van der Waals surface area (Å²) in [6.45, 7) is 7.52. The predicted octanol–water partition coefficient (Wildman–Crippen LogP) is 3.30. The summed E-state index contributed by atoms with van der Waals surface area (Å²) in [5.41, 5.74) is 2.40. The first-order valence-corrected chi connectivity index (χ1v) is 10.9. The minimum atomic E-state index is -0.00669. The third-order valence-corrected chi connectivity index (χ3v) is 5.31. The molecule has 0 atom stereocenters. The second-order valence-electron chi connectivity index (χ2n) is 7.32. The number of pyridine rings is 1. The number of rotatable bonds is 7. The van der Waals surface area contributed by atoms with Crippen LogP contribution >= 0.6 is 0 Å². The second-order valence-corrected chi connectivity index (χ2v) is 7.32. The molecule has 32 heavy (non-hydrogen) atoms. The highest BCUT2D eigenvalue weighted by Crippen LogP contribution is 2.29. The second kappa shape index (κ2) is 10.1. The molecular formula is C24H27N5O3. The van der Waals surface area contributed by atoms with E-state index in [1.54, 1.807) is 30.6 Å². The molecule has 1 saturated heterocycles. The number of piperazine rings is 1. The molecule has 0 bridgehead atoms. The predicted molar refractivity (Wildman–Crippen MR) is 122 cm³/mol. The van der Waals surface area contributed by atoms with Gasteiger partial charge in [-0.25, -0.2) is 0 Å². The van der Waals surface area contributed by atoms with E-state index in [-0.39, 0.29) is 5.91 Å². The number of amides is 1. The molecule has 1 aliphatic rings. The van der Waals surface area contributed by atoms with Crippen LogP contribution < -0.4 is 14.4 Å². The summed E-state index contributed by atoms with van der Waals surface area (Å²) in [6.07, 6.45) is 3.48. The van der Waals surface area contributed by atoms with Gasteiger partial charge >= 0.3 is 0 Å². The van der Waals surface area contributed by atoms with E-state index in [0.717, 1.165) is 17.1 Å². The highest BCUT2D eigenvalue weighted by atomic mass is 16.5. The monoisotopic (exact) mass is 433 g/mol.